The van der Waals surface area contributed by atoms with E-state index in [2.05, 4.69) is 9.69 Å². The monoisotopic (exact) mass is 246 g/mol. The minimum Gasteiger partial charge on any atom is -0.345 e. The number of aromatic nitrogens is 1. The zero-order chi connectivity index (χ0) is 12.4. The maximum atomic E-state index is 11.5. The molecule has 17 heavy (non-hydrogen) atoms. The van der Waals surface area contributed by atoms with Crippen LogP contribution in [0.25, 0.3) is 0 Å². The van der Waals surface area contributed by atoms with Gasteiger partial charge in [-0.25, -0.2) is 0 Å². The van der Waals surface area contributed by atoms with E-state index in [1.54, 1.807) is 6.92 Å². The van der Waals surface area contributed by atoms with Gasteiger partial charge >= 0.3 is 0 Å². The lowest BCUT2D eigenvalue weighted by molar-refractivity contribution is 0.101. The van der Waals surface area contributed by atoms with Crippen LogP contribution in [0.5, 0.6) is 0 Å². The molecule has 0 aliphatic heterocycles. The maximum Gasteiger partial charge on any atom is 0.164 e. The smallest absolute Gasteiger partial charge is 0.164 e. The first kappa shape index (κ1) is 11.8. The summed E-state index contributed by atoms with van der Waals surface area (Å²) in [6.45, 7) is 5.46. The summed E-state index contributed by atoms with van der Waals surface area (Å²) in [7, 11) is 0. The fourth-order valence-corrected chi connectivity index (χ4v) is 2.50. The van der Waals surface area contributed by atoms with E-state index < -0.39 is 0 Å². The fraction of sp³-hybridized carbons (Fsp3) is 0.231. The largest absolute Gasteiger partial charge is 0.345 e. The van der Waals surface area contributed by atoms with Crippen LogP contribution in [0, 0.1) is 13.8 Å². The van der Waals surface area contributed by atoms with Crippen molar-refractivity contribution >= 4 is 28.0 Å². The Kier molecular flexibility index (Phi) is 3.24. The van der Waals surface area contributed by atoms with Crippen molar-refractivity contribution in [3.8, 4) is 0 Å². The summed E-state index contributed by atoms with van der Waals surface area (Å²) in [5, 5.41) is 4.06. The zero-order valence-corrected chi connectivity index (χ0v) is 10.9. The van der Waals surface area contributed by atoms with E-state index in [0.29, 0.717) is 5.56 Å². The Morgan fingerprint density at radius 3 is 2.47 bits per heavy atom. The predicted molar refractivity (Wildman–Crippen MR) is 71.3 cm³/mol. The van der Waals surface area contributed by atoms with Gasteiger partial charge in [0, 0.05) is 5.69 Å². The topological polar surface area (TPSA) is 42.0 Å². The number of benzene rings is 1. The van der Waals surface area contributed by atoms with Gasteiger partial charge in [0.2, 0.25) is 0 Å². The van der Waals surface area contributed by atoms with Gasteiger partial charge in [-0.05, 0) is 44.4 Å². The molecule has 1 aromatic heterocycles. The number of carbonyl (C=O) groups is 1. The third kappa shape index (κ3) is 2.53. The van der Waals surface area contributed by atoms with Crippen molar-refractivity contribution < 1.29 is 4.79 Å². The van der Waals surface area contributed by atoms with Crippen LogP contribution in [-0.4, -0.2) is 10.2 Å². The molecule has 0 aliphatic rings. The van der Waals surface area contributed by atoms with Gasteiger partial charge in [-0.15, -0.1) is 0 Å². The molecule has 2 rings (SSSR count). The van der Waals surface area contributed by atoms with Crippen LogP contribution in [0.15, 0.2) is 24.3 Å². The molecular weight excluding hydrogens is 232 g/mol. The highest BCUT2D eigenvalue weighted by molar-refractivity contribution is 7.10. The fourth-order valence-electron chi connectivity index (χ4n) is 1.64. The summed E-state index contributed by atoms with van der Waals surface area (Å²) < 4.78 is 4.21. The number of hydrogen-bond acceptors (Lipinski definition) is 4. The summed E-state index contributed by atoms with van der Waals surface area (Å²) in [6, 6.07) is 8.05. The Balaban J connectivity index is 2.30. The van der Waals surface area contributed by atoms with E-state index in [9.17, 15) is 4.79 Å². The second kappa shape index (κ2) is 4.67. The van der Waals surface area contributed by atoms with Gasteiger partial charge in [-0.2, -0.15) is 4.37 Å². The standard InChI is InChI=1S/C13H14N2OS/c1-8-4-6-11(7-5-8)14-13-12(10(3)16)9(2)15-17-13/h4-7,14H,1-3H3. The van der Waals surface area contributed by atoms with Crippen LogP contribution >= 0.6 is 11.5 Å². The maximum absolute atomic E-state index is 11.5. The van der Waals surface area contributed by atoms with Gasteiger partial charge in [0.1, 0.15) is 5.00 Å². The Morgan fingerprint density at radius 1 is 1.24 bits per heavy atom. The van der Waals surface area contributed by atoms with E-state index >= 15 is 0 Å². The van der Waals surface area contributed by atoms with Gasteiger partial charge in [0.25, 0.3) is 0 Å². The average Bonchev–Trinajstić information content (AvgIpc) is 2.63. The van der Waals surface area contributed by atoms with E-state index in [0.717, 1.165) is 16.4 Å². The third-order valence-corrected chi connectivity index (χ3v) is 3.38. The number of ketones is 1. The number of Topliss-reactive ketones (excluding diaryl/α,β-unsaturated/α-hetero) is 1. The first-order valence-electron chi connectivity index (χ1n) is 5.39. The molecule has 1 aromatic carbocycles. The third-order valence-electron chi connectivity index (χ3n) is 2.52. The molecule has 0 unspecified atom stereocenters. The molecule has 0 saturated carbocycles. The number of anilines is 2. The first-order chi connectivity index (χ1) is 8.08. The van der Waals surface area contributed by atoms with Crippen molar-refractivity contribution in [2.24, 2.45) is 0 Å². The lowest BCUT2D eigenvalue weighted by Crippen LogP contribution is -1.98. The molecule has 2 aromatic rings. The number of aryl methyl sites for hydroxylation is 2. The quantitative estimate of drug-likeness (QED) is 0.839. The van der Waals surface area contributed by atoms with Crippen molar-refractivity contribution in [2.75, 3.05) is 5.32 Å². The molecule has 0 spiro atoms. The Hall–Kier alpha value is -1.68. The van der Waals surface area contributed by atoms with Gasteiger partial charge < -0.3 is 5.32 Å². The molecule has 0 saturated heterocycles. The van der Waals surface area contributed by atoms with Crippen LogP contribution in [0.1, 0.15) is 28.5 Å². The second-order valence-electron chi connectivity index (χ2n) is 4.02. The molecule has 0 amide bonds. The normalized spacial score (nSPS) is 10.3. The van der Waals surface area contributed by atoms with Crippen molar-refractivity contribution in [2.45, 2.75) is 20.8 Å². The SMILES string of the molecule is CC(=O)c1c(C)nsc1Nc1ccc(C)cc1. The number of rotatable bonds is 3. The molecular formula is C13H14N2OS. The van der Waals surface area contributed by atoms with E-state index in [4.69, 9.17) is 0 Å². The molecule has 0 aliphatic carbocycles. The van der Waals surface area contributed by atoms with Crippen LogP contribution in [-0.2, 0) is 0 Å². The van der Waals surface area contributed by atoms with Crippen LogP contribution in [0.3, 0.4) is 0 Å². The predicted octanol–water partition coefficient (Wildman–Crippen LogP) is 3.71. The van der Waals surface area contributed by atoms with Gasteiger partial charge in [-0.1, -0.05) is 17.7 Å². The zero-order valence-electron chi connectivity index (χ0n) is 10.1. The van der Waals surface area contributed by atoms with Crippen LogP contribution < -0.4 is 5.32 Å². The summed E-state index contributed by atoms with van der Waals surface area (Å²) in [4.78, 5) is 11.5. The Bertz CT molecular complexity index is 543. The number of nitrogens with one attached hydrogen (secondary N) is 1. The number of carbonyl (C=O) groups excluding carboxylic acids is 1. The average molecular weight is 246 g/mol. The minimum atomic E-state index is 0.0471. The van der Waals surface area contributed by atoms with E-state index in [1.807, 2.05) is 38.1 Å². The summed E-state index contributed by atoms with van der Waals surface area (Å²) >= 11 is 1.32. The Labute approximate surface area is 105 Å². The van der Waals surface area contributed by atoms with Crippen LogP contribution in [0.4, 0.5) is 10.7 Å². The minimum absolute atomic E-state index is 0.0471. The molecule has 4 heteroatoms. The summed E-state index contributed by atoms with van der Waals surface area (Å²) in [5.41, 5.74) is 3.66. The van der Waals surface area contributed by atoms with Crippen molar-refractivity contribution in [1.82, 2.24) is 4.37 Å². The van der Waals surface area contributed by atoms with Gasteiger partial charge in [0.05, 0.1) is 11.3 Å². The lowest BCUT2D eigenvalue weighted by Gasteiger charge is -2.05. The molecule has 3 nitrogen and oxygen atoms in total. The molecule has 0 radical (unpaired) electrons. The highest BCUT2D eigenvalue weighted by atomic mass is 32.1. The van der Waals surface area contributed by atoms with Crippen molar-refractivity contribution in [3.05, 3.63) is 41.1 Å². The van der Waals surface area contributed by atoms with E-state index in [1.165, 1.54) is 17.1 Å². The van der Waals surface area contributed by atoms with Crippen molar-refractivity contribution in [1.29, 1.82) is 0 Å². The summed E-state index contributed by atoms with van der Waals surface area (Å²) in [6.07, 6.45) is 0. The second-order valence-corrected chi connectivity index (χ2v) is 4.79. The number of hydrogen-bond donors (Lipinski definition) is 1. The van der Waals surface area contributed by atoms with E-state index in [-0.39, 0.29) is 5.78 Å². The first-order valence-corrected chi connectivity index (χ1v) is 6.16. The molecule has 88 valence electrons. The molecule has 1 N–H and O–H groups in total. The van der Waals surface area contributed by atoms with Gasteiger partial charge in [0.15, 0.2) is 5.78 Å². The van der Waals surface area contributed by atoms with Gasteiger partial charge in [-0.3, -0.25) is 4.79 Å². The molecule has 1 heterocycles. The lowest BCUT2D eigenvalue weighted by atomic mass is 10.2. The molecule has 0 bridgehead atoms. The van der Waals surface area contributed by atoms with Crippen LogP contribution in [0.2, 0.25) is 0 Å². The highest BCUT2D eigenvalue weighted by Gasteiger charge is 2.14. The molecule has 0 atom stereocenters. The molecule has 0 fully saturated rings. The Morgan fingerprint density at radius 2 is 1.88 bits per heavy atom. The number of nitrogens with zero attached hydrogens (tertiary/aromatic N) is 1. The van der Waals surface area contributed by atoms with Crippen molar-refractivity contribution in [3.63, 3.8) is 0 Å². The highest BCUT2D eigenvalue weighted by Crippen LogP contribution is 2.28. The summed E-state index contributed by atoms with van der Waals surface area (Å²) in [5.74, 6) is 0.0471.